The van der Waals surface area contributed by atoms with Crippen LogP contribution in [0.1, 0.15) is 38.5 Å². The maximum Gasteiger partial charge on any atom is 0.234 e. The maximum absolute atomic E-state index is 11.8. The van der Waals surface area contributed by atoms with E-state index in [1.807, 2.05) is 0 Å². The summed E-state index contributed by atoms with van der Waals surface area (Å²) < 4.78 is 0. The summed E-state index contributed by atoms with van der Waals surface area (Å²) in [6.45, 7) is 1.40. The van der Waals surface area contributed by atoms with Gasteiger partial charge in [-0.05, 0) is 44.4 Å². The van der Waals surface area contributed by atoms with Crippen LogP contribution in [0.2, 0.25) is 0 Å². The zero-order chi connectivity index (χ0) is 11.8. The van der Waals surface area contributed by atoms with Crippen molar-refractivity contribution in [1.29, 1.82) is 0 Å². The predicted molar refractivity (Wildman–Crippen MR) is 64.5 cm³/mol. The molecule has 2 atom stereocenters. The van der Waals surface area contributed by atoms with Gasteiger partial charge in [-0.3, -0.25) is 9.69 Å². The van der Waals surface area contributed by atoms with Gasteiger partial charge in [-0.15, -0.1) is 0 Å². The number of nitrogens with one attached hydrogen (secondary N) is 1. The zero-order valence-corrected chi connectivity index (χ0v) is 10.3. The molecule has 2 unspecified atom stereocenters. The van der Waals surface area contributed by atoms with Gasteiger partial charge in [0.1, 0.15) is 0 Å². The first-order chi connectivity index (χ1) is 8.22. The van der Waals surface area contributed by atoms with Gasteiger partial charge >= 0.3 is 0 Å². The Hall–Kier alpha value is -0.610. The van der Waals surface area contributed by atoms with Crippen molar-refractivity contribution >= 4 is 5.91 Å². The second-order valence-corrected chi connectivity index (χ2v) is 5.93. The van der Waals surface area contributed by atoms with Crippen molar-refractivity contribution in [2.45, 2.75) is 56.7 Å². The molecular weight excluding hydrogens is 216 g/mol. The zero-order valence-electron chi connectivity index (χ0n) is 10.3. The molecule has 1 saturated carbocycles. The van der Waals surface area contributed by atoms with Crippen LogP contribution in [0.15, 0.2) is 0 Å². The normalized spacial score (nSPS) is 37.1. The summed E-state index contributed by atoms with van der Waals surface area (Å²) >= 11 is 0. The Kier molecular flexibility index (Phi) is 3.09. The molecule has 3 aliphatic rings. The minimum atomic E-state index is -0.140. The minimum absolute atomic E-state index is 0.140. The molecule has 2 bridgehead atoms. The lowest BCUT2D eigenvalue weighted by molar-refractivity contribution is -0.124. The molecule has 0 radical (unpaired) electrons. The summed E-state index contributed by atoms with van der Waals surface area (Å²) in [5.41, 5.74) is 0. The van der Waals surface area contributed by atoms with E-state index >= 15 is 0 Å². The third-order valence-electron chi connectivity index (χ3n) is 4.47. The highest BCUT2D eigenvalue weighted by Gasteiger charge is 2.40. The third kappa shape index (κ3) is 2.63. The quantitative estimate of drug-likeness (QED) is 0.750. The van der Waals surface area contributed by atoms with E-state index in [9.17, 15) is 9.90 Å². The van der Waals surface area contributed by atoms with E-state index in [-0.39, 0.29) is 12.0 Å². The minimum Gasteiger partial charge on any atom is -0.393 e. The SMILES string of the molecule is O=C(CN1C2CCC1CC(O)C2)NCC1CC1. The van der Waals surface area contributed by atoms with Crippen molar-refractivity contribution in [3.05, 3.63) is 0 Å². The topological polar surface area (TPSA) is 52.6 Å². The van der Waals surface area contributed by atoms with Crippen LogP contribution in [0.3, 0.4) is 0 Å². The smallest absolute Gasteiger partial charge is 0.234 e. The van der Waals surface area contributed by atoms with Crippen molar-refractivity contribution in [2.24, 2.45) is 5.92 Å². The lowest BCUT2D eigenvalue weighted by atomic mass is 10.00. The Morgan fingerprint density at radius 2 is 1.82 bits per heavy atom. The van der Waals surface area contributed by atoms with Gasteiger partial charge in [-0.2, -0.15) is 0 Å². The fourth-order valence-electron chi connectivity index (χ4n) is 3.31. The summed E-state index contributed by atoms with van der Waals surface area (Å²) in [7, 11) is 0. The number of nitrogens with zero attached hydrogens (tertiary/aromatic N) is 1. The molecule has 2 saturated heterocycles. The van der Waals surface area contributed by atoms with E-state index in [2.05, 4.69) is 10.2 Å². The van der Waals surface area contributed by atoms with Gasteiger partial charge in [0, 0.05) is 18.6 Å². The number of rotatable bonds is 4. The average Bonchev–Trinajstić information content (AvgIpc) is 3.07. The van der Waals surface area contributed by atoms with Crippen LogP contribution in [0.4, 0.5) is 0 Å². The van der Waals surface area contributed by atoms with Crippen LogP contribution in [-0.4, -0.2) is 47.2 Å². The number of amides is 1. The third-order valence-corrected chi connectivity index (χ3v) is 4.47. The van der Waals surface area contributed by atoms with Crippen molar-refractivity contribution < 1.29 is 9.90 Å². The molecule has 2 heterocycles. The number of fused-ring (bicyclic) bond motifs is 2. The molecule has 1 amide bonds. The van der Waals surface area contributed by atoms with Gasteiger partial charge in [-0.25, -0.2) is 0 Å². The van der Waals surface area contributed by atoms with Gasteiger partial charge in [0.25, 0.3) is 0 Å². The van der Waals surface area contributed by atoms with Gasteiger partial charge in [0.15, 0.2) is 0 Å². The van der Waals surface area contributed by atoms with Crippen molar-refractivity contribution in [3.63, 3.8) is 0 Å². The Balaban J connectivity index is 1.49. The summed E-state index contributed by atoms with van der Waals surface area (Å²) in [5, 5.41) is 12.7. The van der Waals surface area contributed by atoms with Crippen LogP contribution in [0.5, 0.6) is 0 Å². The van der Waals surface area contributed by atoms with E-state index in [1.54, 1.807) is 0 Å². The van der Waals surface area contributed by atoms with E-state index in [0.717, 1.165) is 38.1 Å². The first-order valence-electron chi connectivity index (χ1n) is 6.93. The molecule has 0 aromatic heterocycles. The Bertz CT molecular complexity index is 290. The molecule has 0 aromatic rings. The molecule has 2 aliphatic heterocycles. The van der Waals surface area contributed by atoms with Gasteiger partial charge in [-0.1, -0.05) is 0 Å². The first kappa shape index (κ1) is 11.5. The van der Waals surface area contributed by atoms with Crippen molar-refractivity contribution in [3.8, 4) is 0 Å². The highest BCUT2D eigenvalue weighted by Crippen LogP contribution is 2.35. The fourth-order valence-corrected chi connectivity index (χ4v) is 3.31. The van der Waals surface area contributed by atoms with Crippen molar-refractivity contribution in [1.82, 2.24) is 10.2 Å². The number of piperidine rings is 1. The molecule has 1 aliphatic carbocycles. The summed E-state index contributed by atoms with van der Waals surface area (Å²) in [4.78, 5) is 14.1. The molecule has 2 N–H and O–H groups in total. The van der Waals surface area contributed by atoms with Crippen LogP contribution in [-0.2, 0) is 4.79 Å². The van der Waals surface area contributed by atoms with Crippen LogP contribution < -0.4 is 5.32 Å². The van der Waals surface area contributed by atoms with E-state index in [0.29, 0.717) is 18.6 Å². The van der Waals surface area contributed by atoms with Gasteiger partial charge in [0.05, 0.1) is 12.6 Å². The highest BCUT2D eigenvalue weighted by atomic mass is 16.3. The van der Waals surface area contributed by atoms with E-state index < -0.39 is 0 Å². The first-order valence-corrected chi connectivity index (χ1v) is 6.93. The average molecular weight is 238 g/mol. The Morgan fingerprint density at radius 3 is 2.41 bits per heavy atom. The molecule has 4 nitrogen and oxygen atoms in total. The predicted octanol–water partition coefficient (Wildman–Crippen LogP) is 0.500. The highest BCUT2D eigenvalue weighted by molar-refractivity contribution is 5.78. The molecule has 96 valence electrons. The Morgan fingerprint density at radius 1 is 1.18 bits per heavy atom. The Labute approximate surface area is 102 Å². The lowest BCUT2D eigenvalue weighted by Crippen LogP contribution is -2.49. The monoisotopic (exact) mass is 238 g/mol. The number of aliphatic hydroxyl groups excluding tert-OH is 1. The second kappa shape index (κ2) is 4.58. The standard InChI is InChI=1S/C13H22N2O2/c16-12-5-10-3-4-11(6-12)15(10)8-13(17)14-7-9-1-2-9/h9-12,16H,1-8H2,(H,14,17). The number of hydrogen-bond donors (Lipinski definition) is 2. The second-order valence-electron chi connectivity index (χ2n) is 5.93. The summed E-state index contributed by atoms with van der Waals surface area (Å²) in [5.74, 6) is 0.920. The number of aliphatic hydroxyl groups is 1. The molecular formula is C13H22N2O2. The number of carbonyl (C=O) groups is 1. The van der Waals surface area contributed by atoms with Crippen LogP contribution >= 0.6 is 0 Å². The van der Waals surface area contributed by atoms with Crippen molar-refractivity contribution in [2.75, 3.05) is 13.1 Å². The maximum atomic E-state index is 11.8. The fraction of sp³-hybridized carbons (Fsp3) is 0.923. The summed E-state index contributed by atoms with van der Waals surface area (Å²) in [6, 6.07) is 0.880. The van der Waals surface area contributed by atoms with Crippen LogP contribution in [0, 0.1) is 5.92 Å². The molecule has 0 spiro atoms. The number of hydrogen-bond acceptors (Lipinski definition) is 3. The van der Waals surface area contributed by atoms with Gasteiger partial charge < -0.3 is 10.4 Å². The molecule has 0 aromatic carbocycles. The number of carbonyl (C=O) groups excluding carboxylic acids is 1. The molecule has 3 rings (SSSR count). The van der Waals surface area contributed by atoms with E-state index in [4.69, 9.17) is 0 Å². The van der Waals surface area contributed by atoms with Gasteiger partial charge in [0.2, 0.25) is 5.91 Å². The molecule has 3 fully saturated rings. The van der Waals surface area contributed by atoms with Crippen LogP contribution in [0.25, 0.3) is 0 Å². The molecule has 4 heteroatoms. The lowest BCUT2D eigenvalue weighted by Gasteiger charge is -2.36. The largest absolute Gasteiger partial charge is 0.393 e. The summed E-state index contributed by atoms with van der Waals surface area (Å²) in [6.07, 6.45) is 6.43. The van der Waals surface area contributed by atoms with E-state index in [1.165, 1.54) is 12.8 Å². The molecule has 17 heavy (non-hydrogen) atoms.